The van der Waals surface area contributed by atoms with Gasteiger partial charge >= 0.3 is 17.9 Å². The number of unbranched alkanes of at least 4 members (excludes halogenated alkanes) is 16. The van der Waals surface area contributed by atoms with Crippen LogP contribution in [-0.4, -0.2) is 37.2 Å². The van der Waals surface area contributed by atoms with E-state index in [0.29, 0.717) is 19.3 Å². The van der Waals surface area contributed by atoms with Crippen LogP contribution < -0.4 is 0 Å². The van der Waals surface area contributed by atoms with Crippen molar-refractivity contribution in [3.05, 3.63) is 158 Å². The third-order valence-corrected chi connectivity index (χ3v) is 10.1. The summed E-state index contributed by atoms with van der Waals surface area (Å²) in [6, 6.07) is 0. The molecule has 0 aliphatic carbocycles. The molecule has 0 aliphatic heterocycles. The van der Waals surface area contributed by atoms with Crippen LogP contribution in [0.15, 0.2) is 158 Å². The van der Waals surface area contributed by atoms with Gasteiger partial charge in [-0.05, 0) is 77.0 Å². The van der Waals surface area contributed by atoms with Gasteiger partial charge in [-0.2, -0.15) is 0 Å². The molecule has 1 atom stereocenters. The molecule has 0 N–H and O–H groups in total. The normalized spacial score (nSPS) is 13.4. The van der Waals surface area contributed by atoms with Gasteiger partial charge < -0.3 is 14.2 Å². The first-order valence-corrected chi connectivity index (χ1v) is 25.7. The van der Waals surface area contributed by atoms with Gasteiger partial charge in [0.25, 0.3) is 0 Å². The topological polar surface area (TPSA) is 78.9 Å². The van der Waals surface area contributed by atoms with Crippen LogP contribution in [0.5, 0.6) is 0 Å². The highest BCUT2D eigenvalue weighted by Crippen LogP contribution is 2.12. The van der Waals surface area contributed by atoms with Crippen molar-refractivity contribution in [2.75, 3.05) is 13.2 Å². The summed E-state index contributed by atoms with van der Waals surface area (Å²) in [6.45, 7) is 6.20. The molecule has 0 spiro atoms. The first-order chi connectivity index (χ1) is 32.5. The van der Waals surface area contributed by atoms with E-state index >= 15 is 0 Å². The number of ether oxygens (including phenoxy) is 3. The number of hydrogen-bond acceptors (Lipinski definition) is 6. The van der Waals surface area contributed by atoms with E-state index in [-0.39, 0.29) is 44.0 Å². The summed E-state index contributed by atoms with van der Waals surface area (Å²) in [7, 11) is 0. The standard InChI is InChI=1S/C60H90O6/c1-4-7-10-13-16-19-22-25-27-29-31-32-35-38-41-44-47-50-53-59(62)65-56-57(55-64-58(61)52-49-46-43-40-37-34-24-21-18-15-12-9-6-3)66-60(63)54-51-48-45-42-39-36-33-30-28-26-23-20-17-14-11-8-5-2/h8-9,11-12,14-15,17-18,20-21,23-24,26-34,36-37,39-40,43,57H,4-7,10,13,16,19,22,25,35,38,41-42,44-56H2,1-3H3/b11-8+,12-9+,17-14+,18-15+,23-20+,24-21+,28-26+,29-27+,32-31+,33-30+,37-34+,39-36+,43-40+. The summed E-state index contributed by atoms with van der Waals surface area (Å²) in [5.41, 5.74) is 0. The van der Waals surface area contributed by atoms with Crippen LogP contribution in [0.4, 0.5) is 0 Å². The first-order valence-electron chi connectivity index (χ1n) is 25.7. The lowest BCUT2D eigenvalue weighted by Gasteiger charge is -2.18. The van der Waals surface area contributed by atoms with Crippen molar-refractivity contribution in [1.29, 1.82) is 0 Å². The van der Waals surface area contributed by atoms with Gasteiger partial charge in [-0.3, -0.25) is 14.4 Å². The Morgan fingerprint density at radius 2 is 0.606 bits per heavy atom. The van der Waals surface area contributed by atoms with E-state index in [1.165, 1.54) is 51.4 Å². The number of allylic oxidation sites excluding steroid dienone is 26. The summed E-state index contributed by atoms with van der Waals surface area (Å²) in [5.74, 6) is -1.08. The lowest BCUT2D eigenvalue weighted by atomic mass is 10.1. The van der Waals surface area contributed by atoms with Crippen molar-refractivity contribution >= 4 is 17.9 Å². The molecule has 0 aromatic carbocycles. The second-order valence-corrected chi connectivity index (χ2v) is 16.3. The second kappa shape index (κ2) is 52.7. The van der Waals surface area contributed by atoms with Crippen LogP contribution in [-0.2, 0) is 28.6 Å². The highest BCUT2D eigenvalue weighted by Gasteiger charge is 2.19. The lowest BCUT2D eigenvalue weighted by Crippen LogP contribution is -2.30. The molecule has 0 aromatic heterocycles. The molecule has 0 saturated heterocycles. The zero-order valence-corrected chi connectivity index (χ0v) is 41.6. The molecule has 0 saturated carbocycles. The molecule has 0 rings (SSSR count). The maximum Gasteiger partial charge on any atom is 0.306 e. The average Bonchev–Trinajstić information content (AvgIpc) is 3.31. The Kier molecular flexibility index (Phi) is 48.7. The summed E-state index contributed by atoms with van der Waals surface area (Å²) < 4.78 is 16.7. The molecule has 0 amide bonds. The van der Waals surface area contributed by atoms with Crippen LogP contribution in [0.1, 0.15) is 181 Å². The van der Waals surface area contributed by atoms with Crippen LogP contribution in [0, 0.1) is 0 Å². The van der Waals surface area contributed by atoms with E-state index in [2.05, 4.69) is 63.3 Å². The minimum atomic E-state index is -0.845. The molecule has 0 fully saturated rings. The second-order valence-electron chi connectivity index (χ2n) is 16.3. The highest BCUT2D eigenvalue weighted by molar-refractivity contribution is 5.71. The van der Waals surface area contributed by atoms with Gasteiger partial charge in [0.15, 0.2) is 6.10 Å². The fourth-order valence-corrected chi connectivity index (χ4v) is 6.26. The summed E-state index contributed by atoms with van der Waals surface area (Å²) in [4.78, 5) is 38.0. The molecule has 0 heterocycles. The van der Waals surface area contributed by atoms with E-state index < -0.39 is 6.10 Å². The van der Waals surface area contributed by atoms with E-state index in [1.54, 1.807) is 0 Å². The quantitative estimate of drug-likeness (QED) is 0.0262. The molecule has 1 unspecified atom stereocenters. The third-order valence-electron chi connectivity index (χ3n) is 10.1. The number of carbonyl (C=O) groups excluding carboxylic acids is 3. The molecule has 6 heteroatoms. The van der Waals surface area contributed by atoms with E-state index in [9.17, 15) is 14.4 Å². The number of carbonyl (C=O) groups is 3. The van der Waals surface area contributed by atoms with Crippen molar-refractivity contribution < 1.29 is 28.6 Å². The molecule has 0 aromatic rings. The fourth-order valence-electron chi connectivity index (χ4n) is 6.26. The van der Waals surface area contributed by atoms with Crippen molar-refractivity contribution in [2.24, 2.45) is 0 Å². The number of esters is 3. The lowest BCUT2D eigenvalue weighted by molar-refractivity contribution is -0.167. The minimum absolute atomic E-state index is 0.135. The summed E-state index contributed by atoms with van der Waals surface area (Å²) in [6.07, 6.45) is 76.6. The summed E-state index contributed by atoms with van der Waals surface area (Å²) in [5, 5.41) is 0. The molecule has 66 heavy (non-hydrogen) atoms. The Morgan fingerprint density at radius 3 is 1.02 bits per heavy atom. The summed E-state index contributed by atoms with van der Waals surface area (Å²) >= 11 is 0. The monoisotopic (exact) mass is 907 g/mol. The Hall–Kier alpha value is -4.97. The van der Waals surface area contributed by atoms with Gasteiger partial charge in [-0.25, -0.2) is 0 Å². The maximum atomic E-state index is 12.8. The van der Waals surface area contributed by atoms with Gasteiger partial charge in [0.05, 0.1) is 0 Å². The SMILES string of the molecule is CC/C=C/C=C/C=C/C=C/C=C/C=C/CCCCCC(=O)OC(COC(=O)CCC/C=C/C=C/C=C/C=C/C=C/CC)COC(=O)CCCCCCC/C=C/C=C/CCCCCCCCC. The zero-order valence-electron chi connectivity index (χ0n) is 41.6. The number of hydrogen-bond donors (Lipinski definition) is 0. The fraction of sp³-hybridized carbons (Fsp3) is 0.517. The first kappa shape index (κ1) is 61.0. The van der Waals surface area contributed by atoms with E-state index in [1.807, 2.05) is 115 Å². The van der Waals surface area contributed by atoms with Gasteiger partial charge in [0.2, 0.25) is 0 Å². The van der Waals surface area contributed by atoms with Crippen molar-refractivity contribution in [1.82, 2.24) is 0 Å². The molecular formula is C60H90O6. The van der Waals surface area contributed by atoms with Crippen LogP contribution in [0.3, 0.4) is 0 Å². The zero-order chi connectivity index (χ0) is 47.9. The predicted octanol–water partition coefficient (Wildman–Crippen LogP) is 17.0. The van der Waals surface area contributed by atoms with Crippen LogP contribution >= 0.6 is 0 Å². The smallest absolute Gasteiger partial charge is 0.306 e. The minimum Gasteiger partial charge on any atom is -0.462 e. The molecule has 0 bridgehead atoms. The van der Waals surface area contributed by atoms with Gasteiger partial charge in [-0.1, -0.05) is 243 Å². The van der Waals surface area contributed by atoms with Crippen molar-refractivity contribution in [3.8, 4) is 0 Å². The van der Waals surface area contributed by atoms with E-state index in [4.69, 9.17) is 14.2 Å². The largest absolute Gasteiger partial charge is 0.462 e. The molecule has 366 valence electrons. The Labute approximate surface area is 403 Å². The molecule has 0 aliphatic rings. The Balaban J connectivity index is 4.63. The van der Waals surface area contributed by atoms with Crippen molar-refractivity contribution in [2.45, 2.75) is 187 Å². The van der Waals surface area contributed by atoms with Gasteiger partial charge in [0, 0.05) is 19.3 Å². The maximum absolute atomic E-state index is 12.8. The molecule has 6 nitrogen and oxygen atoms in total. The predicted molar refractivity (Wildman–Crippen MR) is 283 cm³/mol. The highest BCUT2D eigenvalue weighted by atomic mass is 16.6. The third kappa shape index (κ3) is 50.0. The van der Waals surface area contributed by atoms with Crippen LogP contribution in [0.2, 0.25) is 0 Å². The number of rotatable bonds is 43. The van der Waals surface area contributed by atoms with Gasteiger partial charge in [-0.15, -0.1) is 0 Å². The molecule has 0 radical (unpaired) electrons. The van der Waals surface area contributed by atoms with Crippen molar-refractivity contribution in [3.63, 3.8) is 0 Å². The van der Waals surface area contributed by atoms with E-state index in [0.717, 1.165) is 77.0 Å². The molecular weight excluding hydrogens is 817 g/mol. The Morgan fingerprint density at radius 1 is 0.318 bits per heavy atom. The van der Waals surface area contributed by atoms with Gasteiger partial charge in [0.1, 0.15) is 13.2 Å². The average molecular weight is 907 g/mol. The Bertz CT molecular complexity index is 1560. The van der Waals surface area contributed by atoms with Crippen LogP contribution in [0.25, 0.3) is 0 Å².